The Morgan fingerprint density at radius 3 is 3.20 bits per heavy atom. The lowest BCUT2D eigenvalue weighted by atomic mass is 10.5. The normalized spacial score (nSPS) is 10.0. The topological polar surface area (TPSA) is 50.6 Å². The van der Waals surface area contributed by atoms with Crippen molar-refractivity contribution in [2.75, 3.05) is 0 Å². The molecule has 0 aliphatic rings. The van der Waals surface area contributed by atoms with Crippen molar-refractivity contribution in [1.82, 2.24) is 4.57 Å². The van der Waals surface area contributed by atoms with E-state index in [2.05, 4.69) is 17.2 Å². The SMILES string of the molecule is CCC#COCn1cc[n+](C)c1C=NO. The molecule has 80 valence electrons. The van der Waals surface area contributed by atoms with Crippen molar-refractivity contribution in [3.05, 3.63) is 18.2 Å². The van der Waals surface area contributed by atoms with Gasteiger partial charge in [0.1, 0.15) is 18.5 Å². The van der Waals surface area contributed by atoms with Crippen LogP contribution in [-0.2, 0) is 18.5 Å². The molecule has 0 radical (unpaired) electrons. The van der Waals surface area contributed by atoms with Gasteiger partial charge in [-0.15, -0.1) is 0 Å². The van der Waals surface area contributed by atoms with E-state index in [1.54, 1.807) is 4.57 Å². The number of aryl methyl sites for hydroxylation is 1. The zero-order valence-electron chi connectivity index (χ0n) is 8.84. The van der Waals surface area contributed by atoms with Crippen molar-refractivity contribution >= 4 is 6.21 Å². The maximum atomic E-state index is 8.47. The average molecular weight is 208 g/mol. The van der Waals surface area contributed by atoms with Gasteiger partial charge < -0.3 is 9.94 Å². The minimum absolute atomic E-state index is 0.315. The zero-order chi connectivity index (χ0) is 11.1. The minimum atomic E-state index is 0.315. The summed E-state index contributed by atoms with van der Waals surface area (Å²) in [5, 5.41) is 11.5. The van der Waals surface area contributed by atoms with Crippen LogP contribution in [0.4, 0.5) is 0 Å². The van der Waals surface area contributed by atoms with Crippen LogP contribution in [0.15, 0.2) is 17.5 Å². The highest BCUT2D eigenvalue weighted by Crippen LogP contribution is 1.92. The first-order valence-corrected chi connectivity index (χ1v) is 4.61. The Balaban J connectivity index is 2.68. The predicted octanol–water partition coefficient (Wildman–Crippen LogP) is 0.466. The first-order chi connectivity index (χ1) is 7.29. The molecule has 15 heavy (non-hydrogen) atoms. The van der Waals surface area contributed by atoms with E-state index in [0.29, 0.717) is 6.73 Å². The van der Waals surface area contributed by atoms with Crippen LogP contribution in [0.25, 0.3) is 0 Å². The van der Waals surface area contributed by atoms with Gasteiger partial charge in [0.2, 0.25) is 6.73 Å². The molecule has 0 unspecified atom stereocenters. The maximum absolute atomic E-state index is 8.47. The van der Waals surface area contributed by atoms with E-state index in [1.165, 1.54) is 6.21 Å². The molecule has 1 heterocycles. The number of rotatable bonds is 3. The fourth-order valence-corrected chi connectivity index (χ4v) is 1.09. The predicted molar refractivity (Wildman–Crippen MR) is 54.1 cm³/mol. The van der Waals surface area contributed by atoms with E-state index in [-0.39, 0.29) is 0 Å². The van der Waals surface area contributed by atoms with Gasteiger partial charge in [-0.05, 0) is 0 Å². The van der Waals surface area contributed by atoms with Crippen LogP contribution in [0.2, 0.25) is 0 Å². The lowest BCUT2D eigenvalue weighted by molar-refractivity contribution is -0.672. The molecule has 0 bridgehead atoms. The summed E-state index contributed by atoms with van der Waals surface area (Å²) in [7, 11) is 1.85. The third-order valence-corrected chi connectivity index (χ3v) is 1.82. The summed E-state index contributed by atoms with van der Waals surface area (Å²) in [5.41, 5.74) is 0. The molecule has 0 aliphatic heterocycles. The molecule has 0 aromatic carbocycles. The molecule has 0 spiro atoms. The Morgan fingerprint density at radius 1 is 1.73 bits per heavy atom. The lowest BCUT2D eigenvalue weighted by Gasteiger charge is -1.95. The molecule has 0 saturated carbocycles. The number of aromatic nitrogens is 2. The summed E-state index contributed by atoms with van der Waals surface area (Å²) < 4.78 is 8.70. The first kappa shape index (κ1) is 11.1. The monoisotopic (exact) mass is 208 g/mol. The zero-order valence-corrected chi connectivity index (χ0v) is 8.84. The third kappa shape index (κ3) is 3.02. The molecule has 0 atom stereocenters. The van der Waals surface area contributed by atoms with Gasteiger partial charge in [0.05, 0.1) is 7.05 Å². The quantitative estimate of drug-likeness (QED) is 0.258. The van der Waals surface area contributed by atoms with E-state index in [9.17, 15) is 0 Å². The van der Waals surface area contributed by atoms with E-state index in [4.69, 9.17) is 9.94 Å². The van der Waals surface area contributed by atoms with E-state index in [0.717, 1.165) is 12.2 Å². The summed E-state index contributed by atoms with van der Waals surface area (Å²) in [6.07, 6.45) is 8.35. The van der Waals surface area contributed by atoms with Crippen molar-refractivity contribution in [2.45, 2.75) is 20.1 Å². The minimum Gasteiger partial charge on any atom is -0.411 e. The number of imidazole rings is 1. The van der Waals surface area contributed by atoms with Gasteiger partial charge in [-0.25, -0.2) is 4.57 Å². The second kappa shape index (κ2) is 5.70. The first-order valence-electron chi connectivity index (χ1n) is 4.61. The van der Waals surface area contributed by atoms with Gasteiger partial charge in [-0.3, -0.25) is 0 Å². The molecule has 5 nitrogen and oxygen atoms in total. The van der Waals surface area contributed by atoms with E-state index in [1.807, 2.05) is 30.9 Å². The maximum Gasteiger partial charge on any atom is 0.306 e. The van der Waals surface area contributed by atoms with Crippen LogP contribution < -0.4 is 4.57 Å². The van der Waals surface area contributed by atoms with Crippen LogP contribution in [0.5, 0.6) is 0 Å². The summed E-state index contributed by atoms with van der Waals surface area (Å²) in [5.74, 6) is 3.53. The van der Waals surface area contributed by atoms with Crippen molar-refractivity contribution in [3.8, 4) is 12.0 Å². The van der Waals surface area contributed by atoms with Gasteiger partial charge in [0, 0.05) is 6.42 Å². The fourth-order valence-electron chi connectivity index (χ4n) is 1.09. The third-order valence-electron chi connectivity index (χ3n) is 1.82. The molecule has 1 aromatic rings. The van der Waals surface area contributed by atoms with Crippen LogP contribution in [-0.4, -0.2) is 16.0 Å². The highest BCUT2D eigenvalue weighted by Gasteiger charge is 2.11. The van der Waals surface area contributed by atoms with E-state index < -0.39 is 0 Å². The van der Waals surface area contributed by atoms with Crippen LogP contribution in [0.3, 0.4) is 0 Å². The van der Waals surface area contributed by atoms with Crippen LogP contribution >= 0.6 is 0 Å². The summed E-state index contributed by atoms with van der Waals surface area (Å²) in [6, 6.07) is 0. The largest absolute Gasteiger partial charge is 0.411 e. The highest BCUT2D eigenvalue weighted by atomic mass is 16.5. The Morgan fingerprint density at radius 2 is 2.53 bits per heavy atom. The van der Waals surface area contributed by atoms with Crippen molar-refractivity contribution in [2.24, 2.45) is 12.2 Å². The van der Waals surface area contributed by atoms with Crippen LogP contribution in [0.1, 0.15) is 19.2 Å². The molecule has 1 rings (SSSR count). The smallest absolute Gasteiger partial charge is 0.306 e. The number of hydrogen-bond donors (Lipinski definition) is 1. The van der Waals surface area contributed by atoms with Crippen molar-refractivity contribution < 1.29 is 14.5 Å². The standard InChI is InChI=1S/C10H13N3O2/c1-3-4-7-15-9-13-6-5-12(2)10(13)8-11-14/h5-6,8H,3,9H2,1-2H3/p+1. The molecule has 1 aromatic heterocycles. The molecule has 0 amide bonds. The van der Waals surface area contributed by atoms with Gasteiger partial charge in [0.15, 0.2) is 6.21 Å². The fraction of sp³-hybridized carbons (Fsp3) is 0.400. The highest BCUT2D eigenvalue weighted by molar-refractivity contribution is 5.72. The molecular weight excluding hydrogens is 194 g/mol. The molecular formula is C10H14N3O2+. The molecule has 0 saturated heterocycles. The second-order valence-electron chi connectivity index (χ2n) is 2.89. The van der Waals surface area contributed by atoms with Gasteiger partial charge in [0.25, 0.3) is 0 Å². The molecule has 0 aliphatic carbocycles. The van der Waals surface area contributed by atoms with Gasteiger partial charge >= 0.3 is 5.82 Å². The van der Waals surface area contributed by atoms with Crippen molar-refractivity contribution in [1.29, 1.82) is 0 Å². The Bertz CT molecular complexity index is 399. The lowest BCUT2D eigenvalue weighted by Crippen LogP contribution is -2.32. The Labute approximate surface area is 88.6 Å². The summed E-state index contributed by atoms with van der Waals surface area (Å²) in [6.45, 7) is 2.27. The van der Waals surface area contributed by atoms with E-state index >= 15 is 0 Å². The average Bonchev–Trinajstić information content (AvgIpc) is 2.57. The Kier molecular flexibility index (Phi) is 4.23. The number of oxime groups is 1. The van der Waals surface area contributed by atoms with Gasteiger partial charge in [-0.1, -0.05) is 18.0 Å². The molecule has 1 N–H and O–H groups in total. The van der Waals surface area contributed by atoms with Crippen molar-refractivity contribution in [3.63, 3.8) is 0 Å². The molecule has 0 fully saturated rings. The summed E-state index contributed by atoms with van der Waals surface area (Å²) >= 11 is 0. The van der Waals surface area contributed by atoms with Gasteiger partial charge in [-0.2, -0.15) is 4.57 Å². The number of nitrogens with zero attached hydrogens (tertiary/aromatic N) is 3. The Hall–Kier alpha value is -1.96. The van der Waals surface area contributed by atoms with Crippen LogP contribution in [0, 0.1) is 12.0 Å². The summed E-state index contributed by atoms with van der Waals surface area (Å²) in [4.78, 5) is 0. The number of hydrogen-bond acceptors (Lipinski definition) is 3. The molecule has 5 heteroatoms. The number of ether oxygens (including phenoxy) is 1. The second-order valence-corrected chi connectivity index (χ2v) is 2.89.